The highest BCUT2D eigenvalue weighted by atomic mass is 16.3. The van der Waals surface area contributed by atoms with Crippen LogP contribution in [0, 0.1) is 5.92 Å². The molecule has 0 aromatic heterocycles. The summed E-state index contributed by atoms with van der Waals surface area (Å²) in [5.74, 6) is 0.900. The molecule has 0 bridgehead atoms. The van der Waals surface area contributed by atoms with Crippen LogP contribution in [0.2, 0.25) is 0 Å². The molecule has 1 atom stereocenters. The fourth-order valence-corrected chi connectivity index (χ4v) is 1.40. The second-order valence-electron chi connectivity index (χ2n) is 3.37. The third kappa shape index (κ3) is 3.32. The van der Waals surface area contributed by atoms with Gasteiger partial charge in [0.15, 0.2) is 0 Å². The summed E-state index contributed by atoms with van der Waals surface area (Å²) in [5.41, 5.74) is 1.27. The van der Waals surface area contributed by atoms with Gasteiger partial charge in [-0.25, -0.2) is 0 Å². The van der Waals surface area contributed by atoms with Gasteiger partial charge in [-0.1, -0.05) is 31.2 Å². The molecular formula is C12H16O. The number of hydrogen-bond acceptors (Lipinski definition) is 1. The number of phenolic OH excluding ortho intramolecular Hbond substituents is 1. The van der Waals surface area contributed by atoms with Gasteiger partial charge in [0.1, 0.15) is 5.75 Å². The molecule has 1 heteroatoms. The van der Waals surface area contributed by atoms with E-state index in [9.17, 15) is 0 Å². The van der Waals surface area contributed by atoms with Crippen molar-refractivity contribution in [2.45, 2.75) is 20.3 Å². The molecule has 1 N–H and O–H groups in total. The van der Waals surface area contributed by atoms with Gasteiger partial charge in [-0.2, -0.15) is 0 Å². The Morgan fingerprint density at radius 1 is 1.31 bits per heavy atom. The Labute approximate surface area is 79.7 Å². The van der Waals surface area contributed by atoms with Crippen molar-refractivity contribution in [3.63, 3.8) is 0 Å². The van der Waals surface area contributed by atoms with E-state index in [2.05, 4.69) is 19.1 Å². The molecule has 0 aliphatic carbocycles. The van der Waals surface area contributed by atoms with Crippen molar-refractivity contribution >= 4 is 0 Å². The molecule has 0 radical (unpaired) electrons. The molecule has 0 saturated carbocycles. The molecule has 0 spiro atoms. The maximum Gasteiger partial charge on any atom is 0.115 e. The molecule has 0 aliphatic rings. The molecule has 0 fully saturated rings. The second-order valence-corrected chi connectivity index (χ2v) is 3.37. The Bertz CT molecular complexity index is 272. The molecule has 0 heterocycles. The molecular weight excluding hydrogens is 160 g/mol. The molecule has 0 aliphatic heterocycles. The van der Waals surface area contributed by atoms with Crippen LogP contribution in [0.15, 0.2) is 36.4 Å². The second kappa shape index (κ2) is 4.70. The van der Waals surface area contributed by atoms with Crippen LogP contribution in [-0.2, 0) is 6.42 Å². The molecule has 13 heavy (non-hydrogen) atoms. The molecule has 70 valence electrons. The van der Waals surface area contributed by atoms with E-state index in [1.807, 2.05) is 19.1 Å². The van der Waals surface area contributed by atoms with Crippen LogP contribution in [0.4, 0.5) is 0 Å². The van der Waals surface area contributed by atoms with Gasteiger partial charge >= 0.3 is 0 Å². The average Bonchev–Trinajstić information content (AvgIpc) is 2.09. The van der Waals surface area contributed by atoms with Gasteiger partial charge in [-0.15, -0.1) is 0 Å². The average molecular weight is 176 g/mol. The number of hydrogen-bond donors (Lipinski definition) is 1. The van der Waals surface area contributed by atoms with Gasteiger partial charge in [0.05, 0.1) is 0 Å². The summed E-state index contributed by atoms with van der Waals surface area (Å²) in [6, 6.07) is 7.40. The number of rotatable bonds is 3. The maximum absolute atomic E-state index is 9.08. The zero-order valence-electron chi connectivity index (χ0n) is 8.20. The zero-order chi connectivity index (χ0) is 9.68. The minimum atomic E-state index is 0.336. The van der Waals surface area contributed by atoms with Crippen molar-refractivity contribution < 1.29 is 5.11 Å². The van der Waals surface area contributed by atoms with Gasteiger partial charge in [0, 0.05) is 0 Å². The Morgan fingerprint density at radius 3 is 2.46 bits per heavy atom. The zero-order valence-corrected chi connectivity index (χ0v) is 8.20. The maximum atomic E-state index is 9.08. The van der Waals surface area contributed by atoms with Crippen LogP contribution in [0.3, 0.4) is 0 Å². The smallest absolute Gasteiger partial charge is 0.115 e. The van der Waals surface area contributed by atoms with Crippen molar-refractivity contribution in [2.75, 3.05) is 0 Å². The lowest BCUT2D eigenvalue weighted by Crippen LogP contribution is -1.94. The van der Waals surface area contributed by atoms with Gasteiger partial charge in [-0.05, 0) is 37.0 Å². The summed E-state index contributed by atoms with van der Waals surface area (Å²) >= 11 is 0. The molecule has 1 aromatic rings. The topological polar surface area (TPSA) is 20.2 Å². The van der Waals surface area contributed by atoms with Crippen molar-refractivity contribution in [1.29, 1.82) is 0 Å². The SMILES string of the molecule is C/C=C\C(C)Cc1ccc(O)cc1. The lowest BCUT2D eigenvalue weighted by atomic mass is 10.0. The van der Waals surface area contributed by atoms with E-state index >= 15 is 0 Å². The van der Waals surface area contributed by atoms with Crippen molar-refractivity contribution in [3.8, 4) is 5.75 Å². The highest BCUT2D eigenvalue weighted by Crippen LogP contribution is 2.13. The summed E-state index contributed by atoms with van der Waals surface area (Å²) in [4.78, 5) is 0. The number of benzene rings is 1. The highest BCUT2D eigenvalue weighted by molar-refractivity contribution is 5.26. The predicted octanol–water partition coefficient (Wildman–Crippen LogP) is 3.15. The van der Waals surface area contributed by atoms with E-state index < -0.39 is 0 Å². The van der Waals surface area contributed by atoms with E-state index in [0.717, 1.165) is 6.42 Å². The Morgan fingerprint density at radius 2 is 1.92 bits per heavy atom. The molecule has 1 rings (SSSR count). The largest absolute Gasteiger partial charge is 0.508 e. The van der Waals surface area contributed by atoms with Crippen LogP contribution in [0.25, 0.3) is 0 Å². The van der Waals surface area contributed by atoms with E-state index in [1.54, 1.807) is 12.1 Å². The van der Waals surface area contributed by atoms with Crippen LogP contribution in [0.5, 0.6) is 5.75 Å². The number of aromatic hydroxyl groups is 1. The van der Waals surface area contributed by atoms with Crippen molar-refractivity contribution in [3.05, 3.63) is 42.0 Å². The quantitative estimate of drug-likeness (QED) is 0.701. The Kier molecular flexibility index (Phi) is 3.56. The first-order chi connectivity index (χ1) is 6.22. The van der Waals surface area contributed by atoms with Crippen LogP contribution >= 0.6 is 0 Å². The molecule has 0 saturated heterocycles. The van der Waals surface area contributed by atoms with Crippen molar-refractivity contribution in [1.82, 2.24) is 0 Å². The first kappa shape index (κ1) is 9.85. The summed E-state index contributed by atoms with van der Waals surface area (Å²) in [6.45, 7) is 4.22. The minimum absolute atomic E-state index is 0.336. The highest BCUT2D eigenvalue weighted by Gasteiger charge is 1.98. The summed E-state index contributed by atoms with van der Waals surface area (Å²) in [6.07, 6.45) is 5.29. The Hall–Kier alpha value is -1.24. The van der Waals surface area contributed by atoms with E-state index in [1.165, 1.54) is 5.56 Å². The third-order valence-electron chi connectivity index (χ3n) is 2.02. The normalized spacial score (nSPS) is 13.4. The molecule has 0 amide bonds. The van der Waals surface area contributed by atoms with E-state index in [-0.39, 0.29) is 0 Å². The number of allylic oxidation sites excluding steroid dienone is 2. The van der Waals surface area contributed by atoms with Crippen molar-refractivity contribution in [2.24, 2.45) is 5.92 Å². The lowest BCUT2D eigenvalue weighted by Gasteiger charge is -2.05. The van der Waals surface area contributed by atoms with Gasteiger partial charge < -0.3 is 5.11 Å². The molecule has 1 unspecified atom stereocenters. The first-order valence-electron chi connectivity index (χ1n) is 4.63. The summed E-state index contributed by atoms with van der Waals surface area (Å²) in [5, 5.41) is 9.08. The minimum Gasteiger partial charge on any atom is -0.508 e. The van der Waals surface area contributed by atoms with E-state index in [4.69, 9.17) is 5.11 Å². The molecule has 1 aromatic carbocycles. The summed E-state index contributed by atoms with van der Waals surface area (Å²) < 4.78 is 0. The molecule has 1 nitrogen and oxygen atoms in total. The number of phenols is 1. The van der Waals surface area contributed by atoms with Crippen LogP contribution in [0.1, 0.15) is 19.4 Å². The first-order valence-corrected chi connectivity index (χ1v) is 4.63. The van der Waals surface area contributed by atoms with Gasteiger partial charge in [0.25, 0.3) is 0 Å². The van der Waals surface area contributed by atoms with Crippen LogP contribution in [-0.4, -0.2) is 5.11 Å². The Balaban J connectivity index is 2.59. The monoisotopic (exact) mass is 176 g/mol. The lowest BCUT2D eigenvalue weighted by molar-refractivity contribution is 0.475. The van der Waals surface area contributed by atoms with Gasteiger partial charge in [0.2, 0.25) is 0 Å². The van der Waals surface area contributed by atoms with Crippen LogP contribution < -0.4 is 0 Å². The van der Waals surface area contributed by atoms with Gasteiger partial charge in [-0.3, -0.25) is 0 Å². The summed E-state index contributed by atoms with van der Waals surface area (Å²) in [7, 11) is 0. The fourth-order valence-electron chi connectivity index (χ4n) is 1.40. The third-order valence-corrected chi connectivity index (χ3v) is 2.02. The standard InChI is InChI=1S/C12H16O/c1-3-4-10(2)9-11-5-7-12(13)8-6-11/h3-8,10,13H,9H2,1-2H3/b4-3-. The van der Waals surface area contributed by atoms with E-state index in [0.29, 0.717) is 11.7 Å². The fraction of sp³-hybridized carbons (Fsp3) is 0.333. The predicted molar refractivity (Wildman–Crippen MR) is 55.8 cm³/mol.